The van der Waals surface area contributed by atoms with Crippen molar-refractivity contribution in [2.45, 2.75) is 20.1 Å². The molecule has 0 spiro atoms. The number of nitrogens with one attached hydrogen (secondary N) is 1. The summed E-state index contributed by atoms with van der Waals surface area (Å²) in [5.41, 5.74) is 0. The summed E-state index contributed by atoms with van der Waals surface area (Å²) < 4.78 is 4.30. The quantitative estimate of drug-likeness (QED) is 0.438. The lowest BCUT2D eigenvalue weighted by molar-refractivity contribution is 0.0462. The Kier molecular flexibility index (Phi) is 3.79. The maximum absolute atomic E-state index is 9.82. The molecule has 0 heterocycles. The summed E-state index contributed by atoms with van der Waals surface area (Å²) >= 11 is 0. The zero-order chi connectivity index (χ0) is 7.28. The van der Waals surface area contributed by atoms with Gasteiger partial charge in [-0.15, -0.1) is 0 Å². The minimum atomic E-state index is -1.25. The molecule has 0 aromatic carbocycles. The average Bonchev–Trinajstić information content (AvgIpc) is 1.63. The Morgan fingerprint density at radius 3 is 2.78 bits per heavy atom. The minimum absolute atomic E-state index is 0.410. The van der Waals surface area contributed by atoms with Crippen LogP contribution in [0, 0.1) is 0 Å². The van der Waals surface area contributed by atoms with E-state index in [0.717, 1.165) is 0 Å². The minimum Gasteiger partial charge on any atom is -0.450 e. The number of ether oxygens (including phenoxy) is 1. The highest BCUT2D eigenvalue weighted by atomic mass is 16.7. The highest BCUT2D eigenvalue weighted by Gasteiger charge is 2.02. The van der Waals surface area contributed by atoms with E-state index in [4.69, 9.17) is 5.11 Å². The van der Waals surface area contributed by atoms with Crippen molar-refractivity contribution < 1.29 is 14.6 Å². The molecule has 0 amide bonds. The predicted molar refractivity (Wildman–Crippen MR) is 32.2 cm³/mol. The smallest absolute Gasteiger partial charge is 0.450 e. The van der Waals surface area contributed by atoms with Crippen molar-refractivity contribution in [3.05, 3.63) is 0 Å². The lowest BCUT2D eigenvalue weighted by atomic mass is 10.6. The number of hydrogen-bond donors (Lipinski definition) is 2. The summed E-state index contributed by atoms with van der Waals surface area (Å²) in [5, 5.41) is 10.8. The molecule has 2 N–H and O–H groups in total. The average molecular weight is 133 g/mol. The van der Waals surface area contributed by atoms with Gasteiger partial charge < -0.3 is 9.84 Å². The molecule has 0 aromatic heterocycles. The molecule has 0 aromatic rings. The Hall–Kier alpha value is -0.770. The lowest BCUT2D eigenvalue weighted by Crippen LogP contribution is -2.30. The van der Waals surface area contributed by atoms with Gasteiger partial charge in [0.1, 0.15) is 0 Å². The van der Waals surface area contributed by atoms with Gasteiger partial charge in [-0.3, -0.25) is 5.32 Å². The Morgan fingerprint density at radius 2 is 2.44 bits per heavy atom. The highest BCUT2D eigenvalue weighted by molar-refractivity contribution is 5.56. The fourth-order valence-electron chi connectivity index (χ4n) is 0.480. The zero-order valence-electron chi connectivity index (χ0n) is 5.55. The van der Waals surface area contributed by atoms with E-state index in [0.29, 0.717) is 6.54 Å². The summed E-state index contributed by atoms with van der Waals surface area (Å²) in [6, 6.07) is 0. The largest absolute Gasteiger partial charge is 0.507 e. The van der Waals surface area contributed by atoms with E-state index in [9.17, 15) is 4.79 Å². The molecule has 4 nitrogen and oxygen atoms in total. The summed E-state index contributed by atoms with van der Waals surface area (Å²) in [4.78, 5) is 9.82. The lowest BCUT2D eigenvalue weighted by Gasteiger charge is -2.09. The van der Waals surface area contributed by atoms with Crippen molar-refractivity contribution in [1.82, 2.24) is 5.32 Å². The van der Waals surface area contributed by atoms with Crippen molar-refractivity contribution in [1.29, 1.82) is 0 Å². The maximum atomic E-state index is 9.82. The normalized spacial score (nSPS) is 12.7. The summed E-state index contributed by atoms with van der Waals surface area (Å²) in [7, 11) is 0. The number of hydrogen-bond acceptors (Lipinski definition) is 3. The Bertz CT molecular complexity index is 94.2. The van der Waals surface area contributed by atoms with E-state index in [1.165, 1.54) is 0 Å². The molecular weight excluding hydrogens is 122 g/mol. The second-order valence-corrected chi connectivity index (χ2v) is 1.58. The molecule has 1 atom stereocenters. The second-order valence-electron chi connectivity index (χ2n) is 1.58. The first-order chi connectivity index (χ1) is 4.16. The molecular formula is C5H11NO3. The molecule has 0 saturated heterocycles. The molecule has 0 aliphatic carbocycles. The fourth-order valence-corrected chi connectivity index (χ4v) is 0.480. The van der Waals surface area contributed by atoms with Gasteiger partial charge in [-0.25, -0.2) is 4.79 Å². The van der Waals surface area contributed by atoms with E-state index in [2.05, 4.69) is 10.1 Å². The molecule has 54 valence electrons. The molecule has 0 bridgehead atoms. The van der Waals surface area contributed by atoms with Crippen LogP contribution in [0.3, 0.4) is 0 Å². The predicted octanol–water partition coefficient (Wildman–Crippen LogP) is 0.637. The molecule has 0 rings (SSSR count). The third-order valence-corrected chi connectivity index (χ3v) is 0.769. The second kappa shape index (κ2) is 4.14. The summed E-state index contributed by atoms with van der Waals surface area (Å²) in [6.07, 6.45) is -1.66. The summed E-state index contributed by atoms with van der Waals surface area (Å²) in [5.74, 6) is 0. The van der Waals surface area contributed by atoms with Gasteiger partial charge in [-0.2, -0.15) is 0 Å². The molecule has 4 heteroatoms. The van der Waals surface area contributed by atoms with Crippen molar-refractivity contribution in [2.75, 3.05) is 6.54 Å². The molecule has 0 radical (unpaired) electrons. The first-order valence-electron chi connectivity index (χ1n) is 2.79. The van der Waals surface area contributed by atoms with Crippen LogP contribution in [0.1, 0.15) is 13.8 Å². The van der Waals surface area contributed by atoms with Crippen LogP contribution in [-0.4, -0.2) is 24.0 Å². The molecule has 0 aliphatic heterocycles. The summed E-state index contributed by atoms with van der Waals surface area (Å²) in [6.45, 7) is 4.22. The SMILES string of the molecule is CCNC(C)OC(=O)O. The van der Waals surface area contributed by atoms with Crippen LogP contribution in [-0.2, 0) is 4.74 Å². The molecule has 0 saturated carbocycles. The van der Waals surface area contributed by atoms with Crippen molar-refractivity contribution in [3.63, 3.8) is 0 Å². The van der Waals surface area contributed by atoms with E-state index in [-0.39, 0.29) is 0 Å². The first kappa shape index (κ1) is 8.23. The fraction of sp³-hybridized carbons (Fsp3) is 0.800. The number of rotatable bonds is 3. The number of carbonyl (C=O) groups is 1. The van der Waals surface area contributed by atoms with Crippen LogP contribution >= 0.6 is 0 Å². The van der Waals surface area contributed by atoms with Crippen LogP contribution in [0.25, 0.3) is 0 Å². The van der Waals surface area contributed by atoms with Gasteiger partial charge in [-0.05, 0) is 13.5 Å². The van der Waals surface area contributed by atoms with Crippen molar-refractivity contribution in [2.24, 2.45) is 0 Å². The van der Waals surface area contributed by atoms with Crippen molar-refractivity contribution >= 4 is 6.16 Å². The topological polar surface area (TPSA) is 58.6 Å². The van der Waals surface area contributed by atoms with E-state index in [1.807, 2.05) is 6.92 Å². The Morgan fingerprint density at radius 1 is 1.89 bits per heavy atom. The monoisotopic (exact) mass is 133 g/mol. The van der Waals surface area contributed by atoms with E-state index < -0.39 is 12.4 Å². The van der Waals surface area contributed by atoms with E-state index >= 15 is 0 Å². The molecule has 9 heavy (non-hydrogen) atoms. The van der Waals surface area contributed by atoms with Gasteiger partial charge in [0.15, 0.2) is 6.23 Å². The molecule has 1 unspecified atom stereocenters. The van der Waals surface area contributed by atoms with Gasteiger partial charge in [0, 0.05) is 0 Å². The van der Waals surface area contributed by atoms with Gasteiger partial charge in [0.05, 0.1) is 0 Å². The van der Waals surface area contributed by atoms with Gasteiger partial charge in [0.2, 0.25) is 0 Å². The van der Waals surface area contributed by atoms with Crippen LogP contribution in [0.15, 0.2) is 0 Å². The van der Waals surface area contributed by atoms with Crippen LogP contribution in [0.2, 0.25) is 0 Å². The highest BCUT2D eigenvalue weighted by Crippen LogP contribution is 1.84. The standard InChI is InChI=1S/C5H11NO3/c1-3-6-4(2)9-5(7)8/h4,6H,3H2,1-2H3,(H,7,8). The first-order valence-corrected chi connectivity index (χ1v) is 2.79. The van der Waals surface area contributed by atoms with Crippen LogP contribution in [0.4, 0.5) is 4.79 Å². The third kappa shape index (κ3) is 5.10. The van der Waals surface area contributed by atoms with Gasteiger partial charge in [0.25, 0.3) is 0 Å². The zero-order valence-corrected chi connectivity index (χ0v) is 5.55. The van der Waals surface area contributed by atoms with Gasteiger partial charge >= 0.3 is 6.16 Å². The van der Waals surface area contributed by atoms with E-state index in [1.54, 1.807) is 6.92 Å². The molecule has 0 fully saturated rings. The van der Waals surface area contributed by atoms with Crippen LogP contribution in [0.5, 0.6) is 0 Å². The van der Waals surface area contributed by atoms with Crippen LogP contribution < -0.4 is 5.32 Å². The Balaban J connectivity index is 3.26. The maximum Gasteiger partial charge on any atom is 0.507 e. The third-order valence-electron chi connectivity index (χ3n) is 0.769. The number of carboxylic acid groups (broad SMARTS) is 1. The van der Waals surface area contributed by atoms with Crippen molar-refractivity contribution in [3.8, 4) is 0 Å². The Labute approximate surface area is 53.8 Å². The van der Waals surface area contributed by atoms with Gasteiger partial charge in [-0.1, -0.05) is 6.92 Å². The molecule has 0 aliphatic rings.